The molecule has 0 aliphatic heterocycles. The van der Waals surface area contributed by atoms with Gasteiger partial charge in [0, 0.05) is 17.6 Å². The summed E-state index contributed by atoms with van der Waals surface area (Å²) in [5.74, 6) is 0. The first-order chi connectivity index (χ1) is 7.59. The molecule has 0 aliphatic carbocycles. The molecule has 86 valence electrons. The van der Waals surface area contributed by atoms with E-state index in [0.717, 1.165) is 29.3 Å². The highest BCUT2D eigenvalue weighted by molar-refractivity contribution is 7.10. The van der Waals surface area contributed by atoms with Gasteiger partial charge in [-0.05, 0) is 25.3 Å². The van der Waals surface area contributed by atoms with Gasteiger partial charge in [0.15, 0.2) is 0 Å². The van der Waals surface area contributed by atoms with Crippen LogP contribution >= 0.6 is 11.3 Å². The second kappa shape index (κ2) is 4.17. The lowest BCUT2D eigenvalue weighted by Gasteiger charge is -2.06. The van der Waals surface area contributed by atoms with Crippen LogP contribution in [0.25, 0.3) is 0 Å². The summed E-state index contributed by atoms with van der Waals surface area (Å²) in [4.78, 5) is 1.17. The SMILES string of the molecule is Cc1nn(C)c(C)c1NCc1sccc1N. The summed E-state index contributed by atoms with van der Waals surface area (Å²) < 4.78 is 1.88. The standard InChI is InChI=1S/C11H16N4S/c1-7-11(8(2)15(3)14-7)13-6-10-9(12)4-5-16-10/h4-5,13H,6,12H2,1-3H3. The first-order valence-electron chi connectivity index (χ1n) is 5.15. The molecule has 2 aromatic heterocycles. The Hall–Kier alpha value is -1.49. The zero-order valence-electron chi connectivity index (χ0n) is 9.74. The molecule has 0 saturated heterocycles. The average Bonchev–Trinajstić information content (AvgIpc) is 2.72. The molecule has 0 bridgehead atoms. The van der Waals surface area contributed by atoms with Crippen LogP contribution in [-0.4, -0.2) is 9.78 Å². The fourth-order valence-electron chi connectivity index (χ4n) is 1.69. The fraction of sp³-hybridized carbons (Fsp3) is 0.364. The number of hydrogen-bond acceptors (Lipinski definition) is 4. The number of aryl methyl sites for hydroxylation is 2. The van der Waals surface area contributed by atoms with Crippen molar-refractivity contribution < 1.29 is 0 Å². The van der Waals surface area contributed by atoms with E-state index in [4.69, 9.17) is 5.73 Å². The number of aromatic nitrogens is 2. The lowest BCUT2D eigenvalue weighted by Crippen LogP contribution is -2.02. The van der Waals surface area contributed by atoms with Crippen LogP contribution in [0.1, 0.15) is 16.3 Å². The van der Waals surface area contributed by atoms with Crippen LogP contribution in [0.3, 0.4) is 0 Å². The predicted octanol–water partition coefficient (Wildman–Crippen LogP) is 2.29. The smallest absolute Gasteiger partial charge is 0.0827 e. The molecule has 0 fully saturated rings. The fourth-order valence-corrected chi connectivity index (χ4v) is 2.43. The van der Waals surface area contributed by atoms with E-state index in [0.29, 0.717) is 0 Å². The van der Waals surface area contributed by atoms with Crippen molar-refractivity contribution in [3.63, 3.8) is 0 Å². The summed E-state index contributed by atoms with van der Waals surface area (Å²) in [5.41, 5.74) is 9.97. The number of anilines is 2. The van der Waals surface area contributed by atoms with Gasteiger partial charge in [0.1, 0.15) is 0 Å². The van der Waals surface area contributed by atoms with Crippen LogP contribution in [-0.2, 0) is 13.6 Å². The molecule has 0 aliphatic rings. The Labute approximate surface area is 99.1 Å². The van der Waals surface area contributed by atoms with Gasteiger partial charge in [-0.15, -0.1) is 11.3 Å². The predicted molar refractivity (Wildman–Crippen MR) is 68.7 cm³/mol. The van der Waals surface area contributed by atoms with Crippen LogP contribution in [0.5, 0.6) is 0 Å². The molecule has 0 unspecified atom stereocenters. The Morgan fingerprint density at radius 2 is 2.25 bits per heavy atom. The number of rotatable bonds is 3. The molecule has 0 radical (unpaired) electrons. The van der Waals surface area contributed by atoms with Crippen molar-refractivity contribution in [2.45, 2.75) is 20.4 Å². The monoisotopic (exact) mass is 236 g/mol. The molecule has 0 atom stereocenters. The highest BCUT2D eigenvalue weighted by Gasteiger charge is 2.09. The zero-order valence-corrected chi connectivity index (χ0v) is 10.6. The van der Waals surface area contributed by atoms with Gasteiger partial charge in [0.25, 0.3) is 0 Å². The van der Waals surface area contributed by atoms with Gasteiger partial charge >= 0.3 is 0 Å². The summed E-state index contributed by atoms with van der Waals surface area (Å²) >= 11 is 1.67. The van der Waals surface area contributed by atoms with E-state index in [1.54, 1.807) is 11.3 Å². The van der Waals surface area contributed by atoms with E-state index in [-0.39, 0.29) is 0 Å². The summed E-state index contributed by atoms with van der Waals surface area (Å²) in [6.45, 7) is 4.82. The normalized spacial score (nSPS) is 10.7. The Balaban J connectivity index is 2.13. The van der Waals surface area contributed by atoms with Crippen molar-refractivity contribution in [3.8, 4) is 0 Å². The number of nitrogen functional groups attached to an aromatic ring is 1. The molecule has 16 heavy (non-hydrogen) atoms. The number of thiophene rings is 1. The van der Waals surface area contributed by atoms with Gasteiger partial charge in [0.2, 0.25) is 0 Å². The summed E-state index contributed by atoms with van der Waals surface area (Å²) in [6.07, 6.45) is 0. The molecule has 0 amide bonds. The molecule has 4 nitrogen and oxygen atoms in total. The van der Waals surface area contributed by atoms with Crippen molar-refractivity contribution in [2.75, 3.05) is 11.1 Å². The molecule has 0 saturated carbocycles. The molecular formula is C11H16N4S. The van der Waals surface area contributed by atoms with Gasteiger partial charge in [-0.1, -0.05) is 0 Å². The van der Waals surface area contributed by atoms with E-state index >= 15 is 0 Å². The quantitative estimate of drug-likeness (QED) is 0.859. The Kier molecular flexibility index (Phi) is 2.87. The second-order valence-electron chi connectivity index (χ2n) is 3.82. The molecule has 2 rings (SSSR count). The maximum atomic E-state index is 5.84. The lowest BCUT2D eigenvalue weighted by molar-refractivity contribution is 0.731. The Bertz CT molecular complexity index is 498. The zero-order chi connectivity index (χ0) is 11.7. The highest BCUT2D eigenvalue weighted by Crippen LogP contribution is 2.23. The molecule has 0 aromatic carbocycles. The molecular weight excluding hydrogens is 220 g/mol. The minimum Gasteiger partial charge on any atom is -0.398 e. The van der Waals surface area contributed by atoms with E-state index in [1.165, 1.54) is 4.88 Å². The number of hydrogen-bond donors (Lipinski definition) is 2. The van der Waals surface area contributed by atoms with E-state index in [9.17, 15) is 0 Å². The third-order valence-corrected chi connectivity index (χ3v) is 3.65. The second-order valence-corrected chi connectivity index (χ2v) is 4.82. The summed E-state index contributed by atoms with van der Waals surface area (Å²) in [6, 6.07) is 1.94. The molecule has 2 heterocycles. The van der Waals surface area contributed by atoms with Crippen LogP contribution in [0, 0.1) is 13.8 Å². The first kappa shape index (κ1) is 11.0. The van der Waals surface area contributed by atoms with Crippen LogP contribution < -0.4 is 11.1 Å². The van der Waals surface area contributed by atoms with Crippen molar-refractivity contribution in [1.29, 1.82) is 0 Å². The van der Waals surface area contributed by atoms with E-state index in [1.807, 2.05) is 30.1 Å². The van der Waals surface area contributed by atoms with Crippen LogP contribution in [0.15, 0.2) is 11.4 Å². The highest BCUT2D eigenvalue weighted by atomic mass is 32.1. The van der Waals surface area contributed by atoms with Gasteiger partial charge in [-0.2, -0.15) is 5.10 Å². The van der Waals surface area contributed by atoms with Gasteiger partial charge in [-0.3, -0.25) is 4.68 Å². The number of nitrogens with one attached hydrogen (secondary N) is 1. The number of nitrogens with zero attached hydrogens (tertiary/aromatic N) is 2. The van der Waals surface area contributed by atoms with Gasteiger partial charge in [0.05, 0.1) is 23.6 Å². The van der Waals surface area contributed by atoms with Crippen molar-refractivity contribution in [1.82, 2.24) is 9.78 Å². The van der Waals surface area contributed by atoms with E-state index in [2.05, 4.69) is 17.3 Å². The summed E-state index contributed by atoms with van der Waals surface area (Å²) in [5, 5.41) is 9.76. The van der Waals surface area contributed by atoms with E-state index < -0.39 is 0 Å². The largest absolute Gasteiger partial charge is 0.398 e. The summed E-state index contributed by atoms with van der Waals surface area (Å²) in [7, 11) is 1.95. The third-order valence-electron chi connectivity index (χ3n) is 2.71. The van der Waals surface area contributed by atoms with Crippen LogP contribution in [0.4, 0.5) is 11.4 Å². The van der Waals surface area contributed by atoms with Crippen molar-refractivity contribution in [3.05, 3.63) is 27.7 Å². The number of nitrogens with two attached hydrogens (primary N) is 1. The molecule has 3 N–H and O–H groups in total. The minimum absolute atomic E-state index is 0.761. The minimum atomic E-state index is 0.761. The topological polar surface area (TPSA) is 55.9 Å². The molecule has 2 aromatic rings. The maximum Gasteiger partial charge on any atom is 0.0827 e. The van der Waals surface area contributed by atoms with Crippen molar-refractivity contribution >= 4 is 22.7 Å². The average molecular weight is 236 g/mol. The van der Waals surface area contributed by atoms with Crippen LogP contribution in [0.2, 0.25) is 0 Å². The first-order valence-corrected chi connectivity index (χ1v) is 6.03. The Morgan fingerprint density at radius 3 is 2.75 bits per heavy atom. The third kappa shape index (κ3) is 1.90. The van der Waals surface area contributed by atoms with Gasteiger partial charge < -0.3 is 11.1 Å². The van der Waals surface area contributed by atoms with Crippen molar-refractivity contribution in [2.24, 2.45) is 7.05 Å². The van der Waals surface area contributed by atoms with Gasteiger partial charge in [-0.25, -0.2) is 0 Å². The lowest BCUT2D eigenvalue weighted by atomic mass is 10.3. The maximum absolute atomic E-state index is 5.84. The molecule has 5 heteroatoms. The Morgan fingerprint density at radius 1 is 1.50 bits per heavy atom. The molecule has 0 spiro atoms.